The van der Waals surface area contributed by atoms with Crippen molar-refractivity contribution in [3.63, 3.8) is 0 Å². The summed E-state index contributed by atoms with van der Waals surface area (Å²) >= 11 is 6.04. The molecule has 140 valence electrons. The van der Waals surface area contributed by atoms with Crippen LogP contribution >= 0.6 is 11.6 Å². The molecule has 2 N–H and O–H groups in total. The zero-order valence-electron chi connectivity index (χ0n) is 14.1. The first kappa shape index (κ1) is 18.9. The number of carbonyl (C=O) groups is 1. The molecule has 0 spiro atoms. The fourth-order valence-corrected chi connectivity index (χ4v) is 3.02. The number of amides is 1. The lowest BCUT2D eigenvalue weighted by Gasteiger charge is -2.08. The summed E-state index contributed by atoms with van der Waals surface area (Å²) in [5.41, 5.74) is 1.14. The Labute approximate surface area is 160 Å². The van der Waals surface area contributed by atoms with Crippen LogP contribution in [-0.2, 0) is 16.6 Å². The van der Waals surface area contributed by atoms with Gasteiger partial charge in [0.25, 0.3) is 5.91 Å². The molecule has 1 heterocycles. The van der Waals surface area contributed by atoms with Gasteiger partial charge in [0.1, 0.15) is 0 Å². The molecule has 0 atom stereocenters. The normalized spacial score (nSPS) is 11.2. The number of benzene rings is 2. The molecular formula is C17H15ClN4O4S. The zero-order chi connectivity index (χ0) is 19.4. The third kappa shape index (κ3) is 5.05. The molecule has 10 heteroatoms. The van der Waals surface area contributed by atoms with Crippen LogP contribution in [0.25, 0.3) is 11.4 Å². The molecule has 1 amide bonds. The quantitative estimate of drug-likeness (QED) is 0.650. The first-order valence-electron chi connectivity index (χ1n) is 7.75. The van der Waals surface area contributed by atoms with Gasteiger partial charge in [-0.25, -0.2) is 8.42 Å². The number of nitrogens with zero attached hydrogens (tertiary/aromatic N) is 2. The van der Waals surface area contributed by atoms with Gasteiger partial charge in [0.05, 0.1) is 23.4 Å². The van der Waals surface area contributed by atoms with Crippen LogP contribution in [0.4, 0.5) is 5.69 Å². The van der Waals surface area contributed by atoms with Crippen LogP contribution < -0.4 is 10.0 Å². The largest absolute Gasteiger partial charge is 0.343 e. The van der Waals surface area contributed by atoms with Gasteiger partial charge in [-0.05, 0) is 18.2 Å². The van der Waals surface area contributed by atoms with Crippen LogP contribution in [-0.4, -0.2) is 30.7 Å². The molecule has 1 aromatic heterocycles. The summed E-state index contributed by atoms with van der Waals surface area (Å²) in [6, 6.07) is 13.5. The van der Waals surface area contributed by atoms with E-state index in [2.05, 4.69) is 20.2 Å². The summed E-state index contributed by atoms with van der Waals surface area (Å²) in [6.07, 6.45) is 1.02. The first-order valence-corrected chi connectivity index (χ1v) is 10.0. The number of rotatable bonds is 6. The minimum atomic E-state index is -3.47. The van der Waals surface area contributed by atoms with Gasteiger partial charge in [0.2, 0.25) is 21.7 Å². The van der Waals surface area contributed by atoms with Gasteiger partial charge in [0.15, 0.2) is 0 Å². The van der Waals surface area contributed by atoms with E-state index in [0.29, 0.717) is 5.82 Å². The maximum atomic E-state index is 12.4. The van der Waals surface area contributed by atoms with E-state index in [1.54, 1.807) is 0 Å². The van der Waals surface area contributed by atoms with Gasteiger partial charge < -0.3 is 9.84 Å². The molecular weight excluding hydrogens is 392 g/mol. The van der Waals surface area contributed by atoms with Crippen LogP contribution in [0.2, 0.25) is 5.02 Å². The maximum Gasteiger partial charge on any atom is 0.253 e. The molecule has 0 saturated heterocycles. The monoisotopic (exact) mass is 406 g/mol. The Balaban J connectivity index is 1.69. The Bertz CT molecular complexity index is 1070. The smallest absolute Gasteiger partial charge is 0.253 e. The fourth-order valence-electron chi connectivity index (χ4n) is 2.26. The minimum Gasteiger partial charge on any atom is -0.343 e. The van der Waals surface area contributed by atoms with Crippen molar-refractivity contribution < 1.29 is 17.7 Å². The summed E-state index contributed by atoms with van der Waals surface area (Å²) < 4.78 is 30.1. The van der Waals surface area contributed by atoms with E-state index in [4.69, 9.17) is 16.1 Å². The number of nitrogens with one attached hydrogen (secondary N) is 2. The van der Waals surface area contributed by atoms with Crippen LogP contribution in [0.5, 0.6) is 0 Å². The first-order chi connectivity index (χ1) is 12.8. The summed E-state index contributed by atoms with van der Waals surface area (Å²) in [5.74, 6) is 0.137. The Kier molecular flexibility index (Phi) is 5.43. The predicted octanol–water partition coefficient (Wildman–Crippen LogP) is 2.69. The van der Waals surface area contributed by atoms with Crippen molar-refractivity contribution in [2.75, 3.05) is 11.0 Å². The van der Waals surface area contributed by atoms with Crippen LogP contribution in [0.15, 0.2) is 53.1 Å². The molecule has 0 radical (unpaired) electrons. The highest BCUT2D eigenvalue weighted by molar-refractivity contribution is 7.92. The molecule has 3 rings (SSSR count). The Morgan fingerprint density at radius 1 is 1.19 bits per heavy atom. The van der Waals surface area contributed by atoms with Crippen molar-refractivity contribution in [2.45, 2.75) is 6.54 Å². The third-order valence-corrected chi connectivity index (χ3v) is 4.35. The predicted molar refractivity (Wildman–Crippen MR) is 101 cm³/mol. The molecule has 0 unspecified atom stereocenters. The third-order valence-electron chi connectivity index (χ3n) is 3.41. The Hall–Kier alpha value is -2.91. The summed E-state index contributed by atoms with van der Waals surface area (Å²) in [7, 11) is -3.47. The number of hydrogen-bond acceptors (Lipinski definition) is 6. The molecule has 0 bridgehead atoms. The van der Waals surface area contributed by atoms with Gasteiger partial charge in [-0.3, -0.25) is 9.52 Å². The van der Waals surface area contributed by atoms with Crippen LogP contribution in [0, 0.1) is 0 Å². The summed E-state index contributed by atoms with van der Waals surface area (Å²) in [5, 5.41) is 6.67. The lowest BCUT2D eigenvalue weighted by atomic mass is 10.2. The van der Waals surface area contributed by atoms with Gasteiger partial charge >= 0.3 is 0 Å². The lowest BCUT2D eigenvalue weighted by molar-refractivity contribution is 0.0946. The van der Waals surface area contributed by atoms with Crippen LogP contribution in [0.1, 0.15) is 16.2 Å². The van der Waals surface area contributed by atoms with Crippen molar-refractivity contribution in [3.8, 4) is 11.4 Å². The Morgan fingerprint density at radius 3 is 2.63 bits per heavy atom. The van der Waals surface area contributed by atoms with E-state index in [0.717, 1.165) is 11.8 Å². The highest BCUT2D eigenvalue weighted by Crippen LogP contribution is 2.21. The van der Waals surface area contributed by atoms with Crippen molar-refractivity contribution in [1.82, 2.24) is 15.5 Å². The topological polar surface area (TPSA) is 114 Å². The molecule has 0 aliphatic carbocycles. The average molecular weight is 407 g/mol. The molecule has 0 fully saturated rings. The van der Waals surface area contributed by atoms with Crippen molar-refractivity contribution in [3.05, 3.63) is 65.0 Å². The standard InChI is InChI=1S/C17H15ClN4O4S/c1-27(24,25)22-12-7-8-14(18)13(9-12)17(23)19-10-15-20-16(21-26-15)11-5-3-2-4-6-11/h2-9,22H,10H2,1H3,(H,19,23). The summed E-state index contributed by atoms with van der Waals surface area (Å²) in [4.78, 5) is 16.6. The maximum absolute atomic E-state index is 12.4. The number of anilines is 1. The molecule has 8 nitrogen and oxygen atoms in total. The number of hydrogen-bond donors (Lipinski definition) is 2. The second-order valence-electron chi connectivity index (χ2n) is 5.63. The average Bonchev–Trinajstić information content (AvgIpc) is 3.10. The molecule has 0 aliphatic heterocycles. The molecule has 0 aliphatic rings. The van der Waals surface area contributed by atoms with E-state index in [1.807, 2.05) is 30.3 Å². The zero-order valence-corrected chi connectivity index (χ0v) is 15.7. The minimum absolute atomic E-state index is 0.00126. The van der Waals surface area contributed by atoms with Gasteiger partial charge in [-0.1, -0.05) is 47.1 Å². The van der Waals surface area contributed by atoms with Crippen LogP contribution in [0.3, 0.4) is 0 Å². The number of carbonyl (C=O) groups excluding carboxylic acids is 1. The lowest BCUT2D eigenvalue weighted by Crippen LogP contribution is -2.23. The Morgan fingerprint density at radius 2 is 1.93 bits per heavy atom. The second kappa shape index (κ2) is 7.77. The SMILES string of the molecule is CS(=O)(=O)Nc1ccc(Cl)c(C(=O)NCc2nc(-c3ccccc3)no2)c1. The molecule has 0 saturated carbocycles. The van der Waals surface area contributed by atoms with Crippen molar-refractivity contribution in [2.24, 2.45) is 0 Å². The number of aromatic nitrogens is 2. The molecule has 27 heavy (non-hydrogen) atoms. The fraction of sp³-hybridized carbons (Fsp3) is 0.118. The van der Waals surface area contributed by atoms with Gasteiger partial charge in [0, 0.05) is 11.3 Å². The molecule has 2 aromatic carbocycles. The number of sulfonamides is 1. The van der Waals surface area contributed by atoms with E-state index in [9.17, 15) is 13.2 Å². The highest BCUT2D eigenvalue weighted by atomic mass is 35.5. The van der Waals surface area contributed by atoms with Crippen molar-refractivity contribution >= 4 is 33.2 Å². The highest BCUT2D eigenvalue weighted by Gasteiger charge is 2.15. The molecule has 3 aromatic rings. The van der Waals surface area contributed by atoms with Gasteiger partial charge in [-0.2, -0.15) is 4.98 Å². The second-order valence-corrected chi connectivity index (χ2v) is 7.78. The van der Waals surface area contributed by atoms with Gasteiger partial charge in [-0.15, -0.1) is 0 Å². The van der Waals surface area contributed by atoms with E-state index in [1.165, 1.54) is 18.2 Å². The van der Waals surface area contributed by atoms with E-state index in [-0.39, 0.29) is 28.7 Å². The summed E-state index contributed by atoms with van der Waals surface area (Å²) in [6.45, 7) is -0.00126. The number of halogens is 1. The van der Waals surface area contributed by atoms with Crippen molar-refractivity contribution in [1.29, 1.82) is 0 Å². The van der Waals surface area contributed by atoms with E-state index < -0.39 is 15.9 Å². The van der Waals surface area contributed by atoms with E-state index >= 15 is 0 Å².